The second-order valence-electron chi connectivity index (χ2n) is 3.47. The third-order valence-corrected chi connectivity index (χ3v) is 2.06. The van der Waals surface area contributed by atoms with Gasteiger partial charge in [-0.15, -0.1) is 0 Å². The minimum atomic E-state index is 0.107. The number of hydrogen-bond acceptors (Lipinski definition) is 2. The Hall–Kier alpha value is -1.06. The van der Waals surface area contributed by atoms with Crippen LogP contribution < -0.4 is 10.6 Å². The molecule has 0 aromatic rings. The van der Waals surface area contributed by atoms with E-state index in [1.165, 1.54) is 0 Å². The van der Waals surface area contributed by atoms with Crippen LogP contribution in [0.3, 0.4) is 0 Å². The van der Waals surface area contributed by atoms with E-state index in [1.807, 2.05) is 13.8 Å². The smallest absolute Gasteiger partial charge is 0.219 e. The zero-order valence-corrected chi connectivity index (χ0v) is 9.77. The van der Waals surface area contributed by atoms with Gasteiger partial charge in [0, 0.05) is 25.9 Å². The maximum Gasteiger partial charge on any atom is 0.219 e. The maximum atomic E-state index is 11.1. The lowest BCUT2D eigenvalue weighted by molar-refractivity contribution is -0.121. The van der Waals surface area contributed by atoms with Gasteiger partial charge in [0.2, 0.25) is 11.8 Å². The van der Waals surface area contributed by atoms with E-state index in [9.17, 15) is 9.59 Å². The van der Waals surface area contributed by atoms with Crippen LogP contribution >= 0.6 is 0 Å². The predicted molar refractivity (Wildman–Crippen MR) is 60.5 cm³/mol. The second kappa shape index (κ2) is 9.49. The summed E-state index contributed by atoms with van der Waals surface area (Å²) in [5, 5.41) is 5.49. The van der Waals surface area contributed by atoms with Crippen LogP contribution in [0.5, 0.6) is 0 Å². The zero-order chi connectivity index (χ0) is 11.5. The van der Waals surface area contributed by atoms with Crippen molar-refractivity contribution in [2.24, 2.45) is 0 Å². The van der Waals surface area contributed by atoms with Crippen molar-refractivity contribution in [3.63, 3.8) is 0 Å². The SMILES string of the molecule is CCNC(=O)CCCCCC(=O)NCC. The van der Waals surface area contributed by atoms with Crippen LogP contribution in [-0.2, 0) is 9.59 Å². The first-order valence-electron chi connectivity index (χ1n) is 5.74. The number of carbonyl (C=O) groups excluding carboxylic acids is 2. The summed E-state index contributed by atoms with van der Waals surface area (Å²) in [7, 11) is 0. The first-order valence-corrected chi connectivity index (χ1v) is 5.74. The molecule has 2 amide bonds. The Morgan fingerprint density at radius 1 is 0.800 bits per heavy atom. The minimum Gasteiger partial charge on any atom is -0.356 e. The van der Waals surface area contributed by atoms with Gasteiger partial charge >= 0.3 is 0 Å². The fraction of sp³-hybridized carbons (Fsp3) is 0.818. The van der Waals surface area contributed by atoms with Crippen LogP contribution in [0.1, 0.15) is 46.0 Å². The van der Waals surface area contributed by atoms with Crippen molar-refractivity contribution in [2.75, 3.05) is 13.1 Å². The predicted octanol–water partition coefficient (Wildman–Crippen LogP) is 1.21. The van der Waals surface area contributed by atoms with Crippen LogP contribution in [0.15, 0.2) is 0 Å². The number of hydrogen-bond donors (Lipinski definition) is 2. The van der Waals surface area contributed by atoms with Crippen LogP contribution in [0, 0.1) is 0 Å². The summed E-state index contributed by atoms with van der Waals surface area (Å²) in [5.74, 6) is 0.214. The highest BCUT2D eigenvalue weighted by atomic mass is 16.2. The highest BCUT2D eigenvalue weighted by molar-refractivity contribution is 5.76. The molecule has 0 radical (unpaired) electrons. The Bertz CT molecular complexity index is 173. The first-order chi connectivity index (χ1) is 7.20. The van der Waals surface area contributed by atoms with Gasteiger partial charge in [0.1, 0.15) is 0 Å². The summed E-state index contributed by atoms with van der Waals surface area (Å²) in [6.45, 7) is 5.20. The van der Waals surface area contributed by atoms with Crippen LogP contribution in [-0.4, -0.2) is 24.9 Å². The molecule has 0 rings (SSSR count). The number of amides is 2. The Morgan fingerprint density at radius 2 is 1.20 bits per heavy atom. The van der Waals surface area contributed by atoms with Crippen molar-refractivity contribution < 1.29 is 9.59 Å². The van der Waals surface area contributed by atoms with Gasteiger partial charge in [-0.1, -0.05) is 6.42 Å². The lowest BCUT2D eigenvalue weighted by atomic mass is 10.1. The van der Waals surface area contributed by atoms with Crippen LogP contribution in [0.4, 0.5) is 0 Å². The van der Waals surface area contributed by atoms with E-state index in [4.69, 9.17) is 0 Å². The van der Waals surface area contributed by atoms with E-state index in [0.29, 0.717) is 25.9 Å². The van der Waals surface area contributed by atoms with Crippen LogP contribution in [0.2, 0.25) is 0 Å². The molecule has 2 N–H and O–H groups in total. The van der Waals surface area contributed by atoms with Gasteiger partial charge in [0.15, 0.2) is 0 Å². The average molecular weight is 214 g/mol. The number of carbonyl (C=O) groups is 2. The average Bonchev–Trinajstić information content (AvgIpc) is 2.18. The normalized spacial score (nSPS) is 9.73. The number of rotatable bonds is 8. The molecule has 88 valence electrons. The lowest BCUT2D eigenvalue weighted by Crippen LogP contribution is -2.22. The van der Waals surface area contributed by atoms with E-state index in [2.05, 4.69) is 10.6 Å². The molecular weight excluding hydrogens is 192 g/mol. The molecule has 0 fully saturated rings. The topological polar surface area (TPSA) is 58.2 Å². The van der Waals surface area contributed by atoms with E-state index < -0.39 is 0 Å². The molecule has 4 nitrogen and oxygen atoms in total. The second-order valence-corrected chi connectivity index (χ2v) is 3.47. The largest absolute Gasteiger partial charge is 0.356 e. The summed E-state index contributed by atoms with van der Waals surface area (Å²) < 4.78 is 0. The molecule has 0 heterocycles. The molecule has 0 aromatic carbocycles. The molecule has 0 unspecified atom stereocenters. The van der Waals surface area contributed by atoms with E-state index >= 15 is 0 Å². The number of nitrogens with one attached hydrogen (secondary N) is 2. The third-order valence-electron chi connectivity index (χ3n) is 2.06. The molecule has 0 saturated carbocycles. The Balaban J connectivity index is 3.24. The van der Waals surface area contributed by atoms with E-state index in [-0.39, 0.29) is 11.8 Å². The fourth-order valence-electron chi connectivity index (χ4n) is 1.32. The number of unbranched alkanes of at least 4 members (excludes halogenated alkanes) is 2. The minimum absolute atomic E-state index is 0.107. The summed E-state index contributed by atoms with van der Waals surface area (Å²) in [4.78, 5) is 22.1. The first kappa shape index (κ1) is 13.9. The Morgan fingerprint density at radius 3 is 1.53 bits per heavy atom. The summed E-state index contributed by atoms with van der Waals surface area (Å²) in [6.07, 6.45) is 3.82. The van der Waals surface area contributed by atoms with Gasteiger partial charge in [-0.25, -0.2) is 0 Å². The molecule has 0 saturated heterocycles. The Kier molecular flexibility index (Phi) is 8.82. The van der Waals surface area contributed by atoms with Gasteiger partial charge in [-0.3, -0.25) is 9.59 Å². The van der Waals surface area contributed by atoms with Crippen molar-refractivity contribution in [1.82, 2.24) is 10.6 Å². The molecule has 0 aliphatic carbocycles. The molecular formula is C11H22N2O2. The van der Waals surface area contributed by atoms with Crippen molar-refractivity contribution in [1.29, 1.82) is 0 Å². The highest BCUT2D eigenvalue weighted by Gasteiger charge is 2.01. The fourth-order valence-corrected chi connectivity index (χ4v) is 1.32. The Labute approximate surface area is 91.8 Å². The summed E-state index contributed by atoms with van der Waals surface area (Å²) in [5.41, 5.74) is 0. The van der Waals surface area contributed by atoms with Crippen molar-refractivity contribution in [3.8, 4) is 0 Å². The van der Waals surface area contributed by atoms with Gasteiger partial charge in [-0.2, -0.15) is 0 Å². The maximum absolute atomic E-state index is 11.1. The summed E-state index contributed by atoms with van der Waals surface area (Å²) >= 11 is 0. The molecule has 4 heteroatoms. The standard InChI is InChI=1S/C11H22N2O2/c1-3-12-10(14)8-6-5-7-9-11(15)13-4-2/h3-9H2,1-2H3,(H,12,14)(H,13,15). The summed E-state index contributed by atoms with van der Waals surface area (Å²) in [6, 6.07) is 0. The molecule has 15 heavy (non-hydrogen) atoms. The van der Waals surface area contributed by atoms with E-state index in [1.54, 1.807) is 0 Å². The van der Waals surface area contributed by atoms with Crippen molar-refractivity contribution in [2.45, 2.75) is 46.0 Å². The highest BCUT2D eigenvalue weighted by Crippen LogP contribution is 2.02. The third kappa shape index (κ3) is 9.25. The van der Waals surface area contributed by atoms with Crippen LogP contribution in [0.25, 0.3) is 0 Å². The van der Waals surface area contributed by atoms with Crippen molar-refractivity contribution >= 4 is 11.8 Å². The monoisotopic (exact) mass is 214 g/mol. The quantitative estimate of drug-likeness (QED) is 0.597. The molecule has 0 atom stereocenters. The zero-order valence-electron chi connectivity index (χ0n) is 9.77. The van der Waals surface area contributed by atoms with E-state index in [0.717, 1.165) is 19.3 Å². The molecule has 0 bridgehead atoms. The lowest BCUT2D eigenvalue weighted by Gasteiger charge is -2.03. The van der Waals surface area contributed by atoms with Gasteiger partial charge in [0.25, 0.3) is 0 Å². The molecule has 0 spiro atoms. The van der Waals surface area contributed by atoms with Crippen molar-refractivity contribution in [3.05, 3.63) is 0 Å². The molecule has 0 aliphatic rings. The van der Waals surface area contributed by atoms with Gasteiger partial charge in [-0.05, 0) is 26.7 Å². The van der Waals surface area contributed by atoms with Gasteiger partial charge < -0.3 is 10.6 Å². The molecule has 0 aromatic heterocycles. The van der Waals surface area contributed by atoms with Gasteiger partial charge in [0.05, 0.1) is 0 Å². The molecule has 0 aliphatic heterocycles.